The Morgan fingerprint density at radius 3 is 2.05 bits per heavy atom. The van der Waals surface area contributed by atoms with Gasteiger partial charge >= 0.3 is 0 Å². The van der Waals surface area contributed by atoms with Crippen molar-refractivity contribution in [1.29, 1.82) is 0 Å². The van der Waals surface area contributed by atoms with Crippen LogP contribution in [-0.2, 0) is 26.2 Å². The fraction of sp³-hybridized carbons (Fsp3) is 0.355. The topological polar surface area (TPSA) is 86.8 Å². The van der Waals surface area contributed by atoms with Gasteiger partial charge in [0.2, 0.25) is 11.8 Å². The molecule has 214 valence electrons. The molecular formula is C31H38FN3O4S. The molecule has 0 saturated carbocycles. The van der Waals surface area contributed by atoms with Gasteiger partial charge in [-0.1, -0.05) is 69.3 Å². The summed E-state index contributed by atoms with van der Waals surface area (Å²) < 4.78 is 43.3. The van der Waals surface area contributed by atoms with Gasteiger partial charge in [-0.3, -0.25) is 13.9 Å². The number of rotatable bonds is 12. The summed E-state index contributed by atoms with van der Waals surface area (Å²) in [5.74, 6) is -1.33. The van der Waals surface area contributed by atoms with Gasteiger partial charge in [0, 0.05) is 18.2 Å². The van der Waals surface area contributed by atoms with Crippen LogP contribution in [0.4, 0.5) is 10.1 Å². The number of halogens is 1. The average molecular weight is 568 g/mol. The Kier molecular flexibility index (Phi) is 10.5. The van der Waals surface area contributed by atoms with Crippen molar-refractivity contribution >= 4 is 27.5 Å². The molecule has 2 atom stereocenters. The van der Waals surface area contributed by atoms with E-state index in [1.54, 1.807) is 49.4 Å². The Hall–Kier alpha value is -3.72. The van der Waals surface area contributed by atoms with Gasteiger partial charge in [0.1, 0.15) is 18.4 Å². The fourth-order valence-electron chi connectivity index (χ4n) is 4.13. The lowest BCUT2D eigenvalue weighted by atomic mass is 10.0. The first-order chi connectivity index (χ1) is 18.9. The highest BCUT2D eigenvalue weighted by atomic mass is 32.2. The Morgan fingerprint density at radius 2 is 1.48 bits per heavy atom. The van der Waals surface area contributed by atoms with Crippen molar-refractivity contribution in [2.24, 2.45) is 0 Å². The zero-order chi connectivity index (χ0) is 29.4. The summed E-state index contributed by atoms with van der Waals surface area (Å²) in [5.41, 5.74) is 1.55. The third-order valence-electron chi connectivity index (χ3n) is 6.92. The molecule has 0 aliphatic heterocycles. The molecule has 7 nitrogen and oxygen atoms in total. The highest BCUT2D eigenvalue weighted by molar-refractivity contribution is 7.92. The standard InChI is InChI=1S/C31H38FN3O4S/c1-6-23(4)33-31(37)24(5)34(20-26-12-10-11-15-29(26)32)30(36)21-35(27-18-16-25(17-19-27)22(2)3)40(38,39)28-13-8-7-9-14-28/h7-19,22-24H,6,20-21H2,1-5H3,(H,33,37)/t23-,24+/m0/s1. The number of carbonyl (C=O) groups excluding carboxylic acids is 2. The second-order valence-electron chi connectivity index (χ2n) is 10.2. The number of carbonyl (C=O) groups is 2. The number of amides is 2. The van der Waals surface area contributed by atoms with Gasteiger partial charge in [-0.05, 0) is 62.1 Å². The van der Waals surface area contributed by atoms with Crippen molar-refractivity contribution in [3.05, 3.63) is 95.8 Å². The molecule has 3 rings (SSSR count). The van der Waals surface area contributed by atoms with Gasteiger partial charge in [0.05, 0.1) is 10.6 Å². The van der Waals surface area contributed by atoms with Crippen LogP contribution in [0.25, 0.3) is 0 Å². The molecule has 0 aliphatic carbocycles. The summed E-state index contributed by atoms with van der Waals surface area (Å²) in [6.07, 6.45) is 0.690. The lowest BCUT2D eigenvalue weighted by Gasteiger charge is -2.32. The van der Waals surface area contributed by atoms with E-state index in [2.05, 4.69) is 5.32 Å². The van der Waals surface area contributed by atoms with Gasteiger partial charge in [0.25, 0.3) is 10.0 Å². The van der Waals surface area contributed by atoms with E-state index in [9.17, 15) is 22.4 Å². The van der Waals surface area contributed by atoms with Gasteiger partial charge in [-0.15, -0.1) is 0 Å². The molecule has 3 aromatic carbocycles. The largest absolute Gasteiger partial charge is 0.352 e. The number of hydrogen-bond acceptors (Lipinski definition) is 4. The van der Waals surface area contributed by atoms with E-state index in [-0.39, 0.29) is 29.0 Å². The summed E-state index contributed by atoms with van der Waals surface area (Å²) in [5, 5.41) is 2.86. The first kappa shape index (κ1) is 30.8. The number of anilines is 1. The molecule has 0 saturated heterocycles. The lowest BCUT2D eigenvalue weighted by molar-refractivity contribution is -0.139. The van der Waals surface area contributed by atoms with Crippen molar-refractivity contribution in [3.8, 4) is 0 Å². The molecule has 0 unspecified atom stereocenters. The van der Waals surface area contributed by atoms with Crippen LogP contribution in [0, 0.1) is 5.82 Å². The Labute approximate surface area is 237 Å². The summed E-state index contributed by atoms with van der Waals surface area (Å²) in [4.78, 5) is 28.2. The smallest absolute Gasteiger partial charge is 0.264 e. The minimum absolute atomic E-state index is 0.0268. The van der Waals surface area contributed by atoms with Crippen LogP contribution in [0.15, 0.2) is 83.8 Å². The molecule has 0 fully saturated rings. The normalized spacial score (nSPS) is 13.0. The molecule has 0 heterocycles. The molecular weight excluding hydrogens is 529 g/mol. The number of benzene rings is 3. The van der Waals surface area contributed by atoms with Crippen LogP contribution >= 0.6 is 0 Å². The van der Waals surface area contributed by atoms with Crippen LogP contribution in [-0.4, -0.2) is 43.8 Å². The van der Waals surface area contributed by atoms with Crippen molar-refractivity contribution in [1.82, 2.24) is 10.2 Å². The third-order valence-corrected chi connectivity index (χ3v) is 8.71. The molecule has 9 heteroatoms. The van der Waals surface area contributed by atoms with Crippen LogP contribution in [0.3, 0.4) is 0 Å². The van der Waals surface area contributed by atoms with Crippen LogP contribution in [0.2, 0.25) is 0 Å². The van der Waals surface area contributed by atoms with Crippen LogP contribution in [0.5, 0.6) is 0 Å². The van der Waals surface area contributed by atoms with E-state index in [1.165, 1.54) is 29.2 Å². The quantitative estimate of drug-likeness (QED) is 0.314. The Bertz CT molecular complexity index is 1400. The maximum Gasteiger partial charge on any atom is 0.264 e. The zero-order valence-electron chi connectivity index (χ0n) is 23.7. The molecule has 0 aromatic heterocycles. The Balaban J connectivity index is 2.04. The van der Waals surface area contributed by atoms with Gasteiger partial charge < -0.3 is 10.2 Å². The molecule has 0 radical (unpaired) electrons. The van der Waals surface area contributed by atoms with Gasteiger partial charge in [0.15, 0.2) is 0 Å². The molecule has 2 amide bonds. The minimum Gasteiger partial charge on any atom is -0.352 e. The van der Waals surface area contributed by atoms with E-state index in [4.69, 9.17) is 0 Å². The lowest BCUT2D eigenvalue weighted by Crippen LogP contribution is -2.52. The zero-order valence-corrected chi connectivity index (χ0v) is 24.5. The average Bonchev–Trinajstić information content (AvgIpc) is 2.95. The fourth-order valence-corrected chi connectivity index (χ4v) is 5.57. The monoisotopic (exact) mass is 567 g/mol. The second-order valence-corrected chi connectivity index (χ2v) is 12.0. The van der Waals surface area contributed by atoms with E-state index < -0.39 is 40.2 Å². The maximum absolute atomic E-state index is 14.6. The summed E-state index contributed by atoms with van der Waals surface area (Å²) in [7, 11) is -4.15. The summed E-state index contributed by atoms with van der Waals surface area (Å²) >= 11 is 0. The van der Waals surface area contributed by atoms with Gasteiger partial charge in [-0.25, -0.2) is 12.8 Å². The first-order valence-corrected chi connectivity index (χ1v) is 14.9. The SMILES string of the molecule is CC[C@H](C)NC(=O)[C@@H](C)N(Cc1ccccc1F)C(=O)CN(c1ccc(C(C)C)cc1)S(=O)(=O)c1ccccc1. The summed E-state index contributed by atoms with van der Waals surface area (Å²) in [6, 6.07) is 19.8. The summed E-state index contributed by atoms with van der Waals surface area (Å²) in [6.45, 7) is 8.62. The number of sulfonamides is 1. The van der Waals surface area contributed by atoms with Crippen LogP contribution < -0.4 is 9.62 Å². The molecule has 40 heavy (non-hydrogen) atoms. The first-order valence-electron chi connectivity index (χ1n) is 13.5. The van der Waals surface area contributed by atoms with Crippen molar-refractivity contribution in [3.63, 3.8) is 0 Å². The van der Waals surface area contributed by atoms with Crippen molar-refractivity contribution in [2.45, 2.75) is 70.5 Å². The van der Waals surface area contributed by atoms with E-state index >= 15 is 0 Å². The highest BCUT2D eigenvalue weighted by Gasteiger charge is 2.33. The molecule has 0 spiro atoms. The maximum atomic E-state index is 14.6. The number of hydrogen-bond donors (Lipinski definition) is 1. The Morgan fingerprint density at radius 1 is 0.875 bits per heavy atom. The highest BCUT2D eigenvalue weighted by Crippen LogP contribution is 2.26. The van der Waals surface area contributed by atoms with Crippen molar-refractivity contribution < 1.29 is 22.4 Å². The molecule has 0 bridgehead atoms. The molecule has 3 aromatic rings. The second kappa shape index (κ2) is 13.6. The minimum atomic E-state index is -4.15. The van der Waals surface area contributed by atoms with E-state index in [0.717, 1.165) is 9.87 Å². The predicted molar refractivity (Wildman–Crippen MR) is 156 cm³/mol. The van der Waals surface area contributed by atoms with E-state index in [0.29, 0.717) is 12.1 Å². The number of nitrogens with one attached hydrogen (secondary N) is 1. The number of nitrogens with zero attached hydrogens (tertiary/aromatic N) is 2. The predicted octanol–water partition coefficient (Wildman–Crippen LogP) is 5.48. The van der Waals surface area contributed by atoms with Crippen LogP contribution in [0.1, 0.15) is 58.1 Å². The van der Waals surface area contributed by atoms with Crippen molar-refractivity contribution in [2.75, 3.05) is 10.8 Å². The van der Waals surface area contributed by atoms with Gasteiger partial charge in [-0.2, -0.15) is 0 Å². The molecule has 0 aliphatic rings. The third kappa shape index (κ3) is 7.47. The molecule has 1 N–H and O–H groups in total. The van der Waals surface area contributed by atoms with E-state index in [1.807, 2.05) is 39.8 Å².